The molecule has 0 bridgehead atoms. The Balaban J connectivity index is 1.60. The molecule has 2 aromatic heterocycles. The molecule has 0 radical (unpaired) electrons. The fourth-order valence-electron chi connectivity index (χ4n) is 3.66. The molecule has 0 amide bonds. The number of imidazole rings is 1. The maximum Gasteiger partial charge on any atom is 0.207 e. The number of fused-ring (bicyclic) bond motifs is 1. The quantitative estimate of drug-likeness (QED) is 0.251. The lowest BCUT2D eigenvalue weighted by Crippen LogP contribution is -2.41. The molecule has 11 nitrogen and oxygen atoms in total. The summed E-state index contributed by atoms with van der Waals surface area (Å²) in [6.07, 6.45) is -3.17. The fourth-order valence-corrected chi connectivity index (χ4v) is 3.66. The Morgan fingerprint density at radius 3 is 2.55 bits per heavy atom. The van der Waals surface area contributed by atoms with E-state index in [0.717, 1.165) is 5.56 Å². The number of nitrogens with zero attached hydrogens (tertiary/aromatic N) is 4. The van der Waals surface area contributed by atoms with Gasteiger partial charge in [-0.25, -0.2) is 15.0 Å². The van der Waals surface area contributed by atoms with E-state index in [4.69, 9.17) is 5.73 Å². The van der Waals surface area contributed by atoms with Gasteiger partial charge in [-0.1, -0.05) is 19.1 Å². The molecular formula is C20H26N6O5. The summed E-state index contributed by atoms with van der Waals surface area (Å²) in [7, 11) is 0. The van der Waals surface area contributed by atoms with Crippen molar-refractivity contribution in [2.45, 2.75) is 44.3 Å². The zero-order chi connectivity index (χ0) is 22.3. The van der Waals surface area contributed by atoms with Gasteiger partial charge in [-0.05, 0) is 30.5 Å². The number of hydrogen-bond donors (Lipinski definition) is 7. The zero-order valence-electron chi connectivity index (χ0n) is 16.9. The SMILES string of the molecule is CC1([C@@H](O)[C@@H](O)[C@@H](O)n2c(NCCc3ccc(O)cc3)nc3c(N)ncnc32)C[C@H]1O. The highest BCUT2D eigenvalue weighted by Gasteiger charge is 2.57. The van der Waals surface area contributed by atoms with E-state index < -0.39 is 30.0 Å². The van der Waals surface area contributed by atoms with Gasteiger partial charge in [-0.2, -0.15) is 0 Å². The van der Waals surface area contributed by atoms with Crippen LogP contribution < -0.4 is 11.1 Å². The van der Waals surface area contributed by atoms with E-state index >= 15 is 0 Å². The molecule has 4 rings (SSSR count). The van der Waals surface area contributed by atoms with Gasteiger partial charge in [0.05, 0.1) is 12.2 Å². The third kappa shape index (κ3) is 3.88. The van der Waals surface area contributed by atoms with E-state index in [-0.39, 0.29) is 28.7 Å². The van der Waals surface area contributed by atoms with Crippen molar-refractivity contribution in [2.75, 3.05) is 17.6 Å². The van der Waals surface area contributed by atoms with Crippen LogP contribution >= 0.6 is 0 Å². The molecule has 1 unspecified atom stereocenters. The van der Waals surface area contributed by atoms with Crippen molar-refractivity contribution in [3.8, 4) is 5.75 Å². The molecule has 0 aliphatic heterocycles. The fraction of sp³-hybridized carbons (Fsp3) is 0.450. The van der Waals surface area contributed by atoms with Gasteiger partial charge in [0.25, 0.3) is 0 Å². The zero-order valence-corrected chi connectivity index (χ0v) is 16.9. The maximum absolute atomic E-state index is 10.9. The minimum absolute atomic E-state index is 0.108. The van der Waals surface area contributed by atoms with Gasteiger partial charge in [-0.3, -0.25) is 4.57 Å². The molecule has 3 aromatic rings. The van der Waals surface area contributed by atoms with Crippen LogP contribution in [-0.4, -0.2) is 69.9 Å². The number of nitrogens with one attached hydrogen (secondary N) is 1. The molecule has 5 atom stereocenters. The Kier molecular flexibility index (Phi) is 5.43. The summed E-state index contributed by atoms with van der Waals surface area (Å²) in [4.78, 5) is 12.4. The Hall–Kier alpha value is -2.99. The van der Waals surface area contributed by atoms with E-state index in [2.05, 4.69) is 20.3 Å². The van der Waals surface area contributed by atoms with Gasteiger partial charge in [0, 0.05) is 12.0 Å². The second kappa shape index (κ2) is 7.93. The lowest BCUT2D eigenvalue weighted by atomic mass is 9.95. The normalized spacial score (nSPS) is 23.5. The molecule has 0 spiro atoms. The number of phenolic OH excluding ortho intramolecular Hbond substituents is 1. The first-order chi connectivity index (χ1) is 14.7. The van der Waals surface area contributed by atoms with Crippen LogP contribution in [0.3, 0.4) is 0 Å². The topological polar surface area (TPSA) is 183 Å². The van der Waals surface area contributed by atoms with Crippen molar-refractivity contribution in [1.29, 1.82) is 0 Å². The van der Waals surface area contributed by atoms with Gasteiger partial charge in [0.15, 0.2) is 23.2 Å². The number of aliphatic hydroxyl groups is 4. The molecule has 1 saturated carbocycles. The third-order valence-electron chi connectivity index (χ3n) is 5.94. The highest BCUT2D eigenvalue weighted by atomic mass is 16.4. The Morgan fingerprint density at radius 2 is 1.90 bits per heavy atom. The van der Waals surface area contributed by atoms with Crippen molar-refractivity contribution in [3.63, 3.8) is 0 Å². The second-order valence-electron chi connectivity index (χ2n) is 8.15. The number of anilines is 2. The third-order valence-corrected chi connectivity index (χ3v) is 5.94. The monoisotopic (exact) mass is 430 g/mol. The maximum atomic E-state index is 10.9. The number of hydrogen-bond acceptors (Lipinski definition) is 10. The summed E-state index contributed by atoms with van der Waals surface area (Å²) < 4.78 is 1.26. The van der Waals surface area contributed by atoms with Gasteiger partial charge >= 0.3 is 0 Å². The van der Waals surface area contributed by atoms with Gasteiger partial charge in [0.1, 0.15) is 18.2 Å². The first kappa shape index (κ1) is 21.2. The summed E-state index contributed by atoms with van der Waals surface area (Å²) in [5.74, 6) is 0.482. The Bertz CT molecular complexity index is 1070. The van der Waals surface area contributed by atoms with E-state index in [1.54, 1.807) is 31.2 Å². The van der Waals surface area contributed by atoms with Crippen LogP contribution in [0.4, 0.5) is 11.8 Å². The molecule has 1 aromatic carbocycles. The Morgan fingerprint density at radius 1 is 1.23 bits per heavy atom. The predicted molar refractivity (Wildman–Crippen MR) is 112 cm³/mol. The first-order valence-electron chi connectivity index (χ1n) is 9.95. The first-order valence-corrected chi connectivity index (χ1v) is 9.95. The molecule has 166 valence electrons. The molecular weight excluding hydrogens is 404 g/mol. The molecule has 11 heteroatoms. The molecule has 31 heavy (non-hydrogen) atoms. The van der Waals surface area contributed by atoms with Crippen molar-refractivity contribution in [3.05, 3.63) is 36.2 Å². The van der Waals surface area contributed by atoms with Crippen LogP contribution in [0.15, 0.2) is 30.6 Å². The summed E-state index contributed by atoms with van der Waals surface area (Å²) in [6.45, 7) is 2.06. The number of aromatic nitrogens is 4. The second-order valence-corrected chi connectivity index (χ2v) is 8.15. The number of rotatable bonds is 8. The van der Waals surface area contributed by atoms with E-state index in [9.17, 15) is 25.5 Å². The minimum atomic E-state index is -1.60. The summed E-state index contributed by atoms with van der Waals surface area (Å²) in [5, 5.41) is 54.3. The number of phenols is 1. The minimum Gasteiger partial charge on any atom is -0.508 e. The lowest BCUT2D eigenvalue weighted by molar-refractivity contribution is -0.115. The van der Waals surface area contributed by atoms with E-state index in [1.165, 1.54) is 10.9 Å². The van der Waals surface area contributed by atoms with Crippen LogP contribution in [0.5, 0.6) is 5.75 Å². The molecule has 8 N–H and O–H groups in total. The number of aromatic hydroxyl groups is 1. The van der Waals surface area contributed by atoms with Crippen LogP contribution in [-0.2, 0) is 6.42 Å². The smallest absolute Gasteiger partial charge is 0.207 e. The lowest BCUT2D eigenvalue weighted by Gasteiger charge is -2.29. The highest BCUT2D eigenvalue weighted by molar-refractivity contribution is 5.84. The van der Waals surface area contributed by atoms with Crippen LogP contribution in [0.2, 0.25) is 0 Å². The molecule has 1 aliphatic carbocycles. The number of aliphatic hydroxyl groups excluding tert-OH is 4. The van der Waals surface area contributed by atoms with Crippen LogP contribution in [0.25, 0.3) is 11.2 Å². The van der Waals surface area contributed by atoms with Crippen molar-refractivity contribution in [2.24, 2.45) is 5.41 Å². The van der Waals surface area contributed by atoms with Crippen molar-refractivity contribution < 1.29 is 25.5 Å². The van der Waals surface area contributed by atoms with E-state index in [1.807, 2.05) is 0 Å². The van der Waals surface area contributed by atoms with Gasteiger partial charge < -0.3 is 36.6 Å². The van der Waals surface area contributed by atoms with E-state index in [0.29, 0.717) is 19.4 Å². The number of nitrogen functional groups attached to an aromatic ring is 1. The van der Waals surface area contributed by atoms with Crippen molar-refractivity contribution in [1.82, 2.24) is 19.5 Å². The van der Waals surface area contributed by atoms with Gasteiger partial charge in [-0.15, -0.1) is 0 Å². The number of nitrogens with two attached hydrogens (primary N) is 1. The summed E-state index contributed by atoms with van der Waals surface area (Å²) in [6, 6.07) is 6.77. The van der Waals surface area contributed by atoms with Crippen LogP contribution in [0.1, 0.15) is 25.1 Å². The molecule has 1 fully saturated rings. The number of benzene rings is 1. The average Bonchev–Trinajstić information content (AvgIpc) is 3.19. The molecule has 0 saturated heterocycles. The highest BCUT2D eigenvalue weighted by Crippen LogP contribution is 2.50. The van der Waals surface area contributed by atoms with Crippen molar-refractivity contribution >= 4 is 22.9 Å². The summed E-state index contributed by atoms with van der Waals surface area (Å²) in [5.41, 5.74) is 6.42. The van der Waals surface area contributed by atoms with Crippen LogP contribution in [0, 0.1) is 5.41 Å². The molecule has 1 aliphatic rings. The predicted octanol–water partition coefficient (Wildman–Crippen LogP) is -0.248. The average molecular weight is 430 g/mol. The summed E-state index contributed by atoms with van der Waals surface area (Å²) >= 11 is 0. The van der Waals surface area contributed by atoms with Gasteiger partial charge in [0.2, 0.25) is 5.95 Å². The standard InChI is InChI=1S/C20H26N6O5/c1-20(8-12(20)28)15(30)14(29)18(31)26-17-13(16(21)23-9-24-17)25-19(26)22-7-6-10-2-4-11(27)5-3-10/h2-5,9,12,14-15,18,27-31H,6-8H2,1H3,(H,22,25)(H2,21,23,24)/t12-,14-,15+,18-,20?/m1/s1. The Labute approximate surface area is 177 Å². The molecule has 2 heterocycles. The largest absolute Gasteiger partial charge is 0.508 e.